The van der Waals surface area contributed by atoms with Crippen molar-refractivity contribution in [2.75, 3.05) is 6.61 Å². The summed E-state index contributed by atoms with van der Waals surface area (Å²) in [5, 5.41) is 19.9. The molecule has 0 aliphatic carbocycles. The van der Waals surface area contributed by atoms with Crippen LogP contribution in [0.15, 0.2) is 24.3 Å². The first-order valence-corrected chi connectivity index (χ1v) is 7.10. The number of carboxylic acids is 1. The van der Waals surface area contributed by atoms with Crippen LogP contribution >= 0.6 is 0 Å². The van der Waals surface area contributed by atoms with Crippen molar-refractivity contribution in [2.45, 2.75) is 39.2 Å². The van der Waals surface area contributed by atoms with Gasteiger partial charge in [-0.25, -0.2) is 4.79 Å². The zero-order valence-corrected chi connectivity index (χ0v) is 12.4. The van der Waals surface area contributed by atoms with Crippen LogP contribution in [0.2, 0.25) is 0 Å². The average molecular weight is 293 g/mol. The van der Waals surface area contributed by atoms with Gasteiger partial charge in [-0.3, -0.25) is 0 Å². The maximum atomic E-state index is 11.8. The number of hydrogen-bond acceptors (Lipinski definition) is 5. The third kappa shape index (κ3) is 5.95. The zero-order chi connectivity index (χ0) is 15.8. The summed E-state index contributed by atoms with van der Waals surface area (Å²) < 4.78 is 5.23. The molecule has 0 amide bonds. The van der Waals surface area contributed by atoms with Gasteiger partial charge in [0.2, 0.25) is 0 Å². The number of carbonyl (C=O) groups is 2. The molecule has 1 aromatic rings. The molecule has 0 heterocycles. The highest BCUT2D eigenvalue weighted by molar-refractivity contribution is 5.91. The van der Waals surface area contributed by atoms with Crippen molar-refractivity contribution in [3.63, 3.8) is 0 Å². The first-order chi connectivity index (χ1) is 9.93. The smallest absolute Gasteiger partial charge is 0.338 e. The molecular formula is C16H21O5-. The summed E-state index contributed by atoms with van der Waals surface area (Å²) >= 11 is 0. The van der Waals surface area contributed by atoms with Gasteiger partial charge in [-0.15, -0.1) is 0 Å². The molecule has 0 fully saturated rings. The number of carboxylic acid groups (broad SMARTS) is 1. The van der Waals surface area contributed by atoms with Crippen LogP contribution in [0.4, 0.5) is 0 Å². The first-order valence-electron chi connectivity index (χ1n) is 7.10. The number of carbonyl (C=O) groups excluding carboxylic acids is 2. The quantitative estimate of drug-likeness (QED) is 0.732. The van der Waals surface area contributed by atoms with Gasteiger partial charge in [-0.2, -0.15) is 0 Å². The molecule has 116 valence electrons. The number of aliphatic hydroxyl groups excluding tert-OH is 1. The molecule has 0 spiro atoms. The molecule has 1 aromatic carbocycles. The highest BCUT2D eigenvalue weighted by Crippen LogP contribution is 2.14. The summed E-state index contributed by atoms with van der Waals surface area (Å²) in [5.74, 6) is -1.54. The lowest BCUT2D eigenvalue weighted by molar-refractivity contribution is -0.255. The van der Waals surface area contributed by atoms with Gasteiger partial charge in [0.15, 0.2) is 0 Å². The number of hydrogen-bond donors (Lipinski definition) is 1. The second kappa shape index (κ2) is 8.42. The van der Waals surface area contributed by atoms with E-state index in [9.17, 15) is 19.8 Å². The molecule has 0 saturated heterocycles. The van der Waals surface area contributed by atoms with Crippen LogP contribution in [-0.2, 0) is 4.74 Å². The lowest BCUT2D eigenvalue weighted by Gasteiger charge is -2.16. The maximum absolute atomic E-state index is 11.8. The minimum Gasteiger partial charge on any atom is -0.545 e. The van der Waals surface area contributed by atoms with Crippen molar-refractivity contribution < 1.29 is 24.5 Å². The Morgan fingerprint density at radius 2 is 1.76 bits per heavy atom. The Bertz CT molecular complexity index is 464. The number of rotatable bonds is 8. The van der Waals surface area contributed by atoms with Gasteiger partial charge >= 0.3 is 5.97 Å². The molecule has 0 aliphatic heterocycles. The predicted molar refractivity (Wildman–Crippen MR) is 75.8 cm³/mol. The number of benzene rings is 1. The molecule has 0 aromatic heterocycles. The zero-order valence-electron chi connectivity index (χ0n) is 12.4. The van der Waals surface area contributed by atoms with Crippen LogP contribution in [0.5, 0.6) is 0 Å². The maximum Gasteiger partial charge on any atom is 0.338 e. The van der Waals surface area contributed by atoms with Gasteiger partial charge in [0.25, 0.3) is 0 Å². The van der Waals surface area contributed by atoms with Crippen LogP contribution < -0.4 is 5.11 Å². The summed E-state index contributed by atoms with van der Waals surface area (Å²) in [4.78, 5) is 22.5. The normalized spacial score (nSPS) is 13.5. The summed E-state index contributed by atoms with van der Waals surface area (Å²) in [6, 6.07) is 5.45. The fourth-order valence-electron chi connectivity index (χ4n) is 1.90. The summed E-state index contributed by atoms with van der Waals surface area (Å²) in [6.45, 7) is 4.04. The number of aliphatic hydroxyl groups is 1. The molecule has 2 unspecified atom stereocenters. The van der Waals surface area contributed by atoms with Crippen molar-refractivity contribution in [3.05, 3.63) is 35.4 Å². The van der Waals surface area contributed by atoms with Crippen LogP contribution in [0.3, 0.4) is 0 Å². The highest BCUT2D eigenvalue weighted by atomic mass is 16.5. The third-order valence-electron chi connectivity index (χ3n) is 3.38. The standard InChI is InChI=1S/C16H22O5/c1-3-12(5-4-11(2)17)10-21-16(20)14-8-6-13(7-9-14)15(18)19/h6-9,11-12,17H,3-5,10H2,1-2H3,(H,18,19)/p-1. The second-order valence-electron chi connectivity index (χ2n) is 5.16. The lowest BCUT2D eigenvalue weighted by Crippen LogP contribution is -2.22. The van der Waals surface area contributed by atoms with Gasteiger partial charge in [0.05, 0.1) is 24.2 Å². The largest absolute Gasteiger partial charge is 0.545 e. The van der Waals surface area contributed by atoms with Crippen LogP contribution in [0, 0.1) is 5.92 Å². The molecule has 21 heavy (non-hydrogen) atoms. The van der Waals surface area contributed by atoms with Gasteiger partial charge < -0.3 is 19.7 Å². The van der Waals surface area contributed by atoms with E-state index < -0.39 is 11.9 Å². The van der Waals surface area contributed by atoms with E-state index in [0.717, 1.165) is 12.8 Å². The summed E-state index contributed by atoms with van der Waals surface area (Å²) in [7, 11) is 0. The Hall–Kier alpha value is -1.88. The van der Waals surface area contributed by atoms with E-state index in [1.807, 2.05) is 6.92 Å². The van der Waals surface area contributed by atoms with Gasteiger partial charge in [-0.05, 0) is 43.4 Å². The van der Waals surface area contributed by atoms with E-state index in [-0.39, 0.29) is 17.6 Å². The minimum absolute atomic E-state index is 0.0231. The topological polar surface area (TPSA) is 86.7 Å². The van der Waals surface area contributed by atoms with Crippen molar-refractivity contribution in [3.8, 4) is 0 Å². The molecule has 0 bridgehead atoms. The van der Waals surface area contributed by atoms with Crippen LogP contribution in [-0.4, -0.2) is 29.8 Å². The van der Waals surface area contributed by atoms with Crippen molar-refractivity contribution in [1.82, 2.24) is 0 Å². The van der Waals surface area contributed by atoms with Gasteiger partial charge in [-0.1, -0.05) is 25.5 Å². The lowest BCUT2D eigenvalue weighted by atomic mass is 9.99. The van der Waals surface area contributed by atoms with E-state index in [4.69, 9.17) is 4.74 Å². The monoisotopic (exact) mass is 293 g/mol. The Labute approximate surface area is 124 Å². The highest BCUT2D eigenvalue weighted by Gasteiger charge is 2.13. The molecular weight excluding hydrogens is 272 g/mol. The molecule has 1 rings (SSSR count). The predicted octanol–water partition coefficient (Wildman–Crippen LogP) is 1.39. The van der Waals surface area contributed by atoms with Crippen molar-refractivity contribution in [2.24, 2.45) is 5.92 Å². The first kappa shape index (κ1) is 17.2. The van der Waals surface area contributed by atoms with E-state index in [0.29, 0.717) is 18.6 Å². The van der Waals surface area contributed by atoms with Crippen molar-refractivity contribution >= 4 is 11.9 Å². The molecule has 5 heteroatoms. The number of ether oxygens (including phenoxy) is 1. The Morgan fingerprint density at radius 1 is 1.19 bits per heavy atom. The van der Waals surface area contributed by atoms with Crippen LogP contribution in [0.1, 0.15) is 53.8 Å². The SMILES string of the molecule is CCC(CCC(C)O)COC(=O)c1ccc(C(=O)[O-])cc1. The molecule has 0 saturated carbocycles. The minimum atomic E-state index is -1.28. The average Bonchev–Trinajstić information content (AvgIpc) is 2.47. The molecule has 5 nitrogen and oxygen atoms in total. The summed E-state index contributed by atoms with van der Waals surface area (Å²) in [5.41, 5.74) is 0.334. The molecule has 2 atom stereocenters. The van der Waals surface area contributed by atoms with Crippen LogP contribution in [0.25, 0.3) is 0 Å². The van der Waals surface area contributed by atoms with E-state index in [1.54, 1.807) is 6.92 Å². The number of esters is 1. The summed E-state index contributed by atoms with van der Waals surface area (Å²) in [6.07, 6.45) is 1.98. The third-order valence-corrected chi connectivity index (χ3v) is 3.38. The van der Waals surface area contributed by atoms with Crippen molar-refractivity contribution in [1.29, 1.82) is 0 Å². The Kier molecular flexibility index (Phi) is 6.88. The second-order valence-corrected chi connectivity index (χ2v) is 5.16. The number of aromatic carboxylic acids is 1. The van der Waals surface area contributed by atoms with Gasteiger partial charge in [0.1, 0.15) is 0 Å². The fraction of sp³-hybridized carbons (Fsp3) is 0.500. The molecule has 0 radical (unpaired) electrons. The molecule has 0 aliphatic rings. The van der Waals surface area contributed by atoms with E-state index >= 15 is 0 Å². The Morgan fingerprint density at radius 3 is 2.24 bits per heavy atom. The van der Waals surface area contributed by atoms with E-state index in [1.165, 1.54) is 24.3 Å². The Balaban J connectivity index is 2.50. The molecule has 1 N–H and O–H groups in total. The van der Waals surface area contributed by atoms with Gasteiger partial charge in [0, 0.05) is 0 Å². The van der Waals surface area contributed by atoms with E-state index in [2.05, 4.69) is 0 Å². The fourth-order valence-corrected chi connectivity index (χ4v) is 1.90.